The molecule has 0 bridgehead atoms. The van der Waals surface area contributed by atoms with E-state index >= 15 is 0 Å². The first-order valence-electron chi connectivity index (χ1n) is 13.2. The highest BCUT2D eigenvalue weighted by molar-refractivity contribution is 7.92. The summed E-state index contributed by atoms with van der Waals surface area (Å²) in [5.74, 6) is -0.862. The van der Waals surface area contributed by atoms with Gasteiger partial charge in [-0.05, 0) is 74.4 Å². The SMILES string of the molecule is CC[C@@H](C)NC(=O)c1ccccc1NC(=O)c1ccccc1N(Cc1ccc(Cl)cc1)S(=O)(=O)c1ccc(C)cc1. The van der Waals surface area contributed by atoms with Crippen LogP contribution in [0.5, 0.6) is 0 Å². The predicted octanol–water partition coefficient (Wildman–Crippen LogP) is 6.82. The van der Waals surface area contributed by atoms with Crippen LogP contribution in [0.4, 0.5) is 11.4 Å². The number of hydrogen-bond acceptors (Lipinski definition) is 4. The van der Waals surface area contributed by atoms with Crippen molar-refractivity contribution in [2.24, 2.45) is 0 Å². The van der Waals surface area contributed by atoms with Crippen LogP contribution in [0.15, 0.2) is 102 Å². The first kappa shape index (κ1) is 29.8. The smallest absolute Gasteiger partial charge is 0.264 e. The van der Waals surface area contributed by atoms with Crippen molar-refractivity contribution < 1.29 is 18.0 Å². The van der Waals surface area contributed by atoms with Gasteiger partial charge in [-0.3, -0.25) is 13.9 Å². The van der Waals surface area contributed by atoms with Gasteiger partial charge in [0.2, 0.25) is 0 Å². The normalized spacial score (nSPS) is 11.9. The number of sulfonamides is 1. The molecular formula is C32H32ClN3O4S. The topological polar surface area (TPSA) is 95.6 Å². The lowest BCUT2D eigenvalue weighted by Crippen LogP contribution is -2.33. The molecule has 0 saturated heterocycles. The molecule has 0 aliphatic carbocycles. The van der Waals surface area contributed by atoms with E-state index in [-0.39, 0.29) is 34.6 Å². The Hall–Kier alpha value is -4.14. The van der Waals surface area contributed by atoms with Crippen molar-refractivity contribution in [3.63, 3.8) is 0 Å². The summed E-state index contributed by atoms with van der Waals surface area (Å²) >= 11 is 6.07. The Morgan fingerprint density at radius 3 is 2.10 bits per heavy atom. The van der Waals surface area contributed by atoms with Gasteiger partial charge in [-0.2, -0.15) is 0 Å². The van der Waals surface area contributed by atoms with E-state index in [1.54, 1.807) is 97.1 Å². The van der Waals surface area contributed by atoms with E-state index in [1.165, 1.54) is 4.31 Å². The highest BCUT2D eigenvalue weighted by atomic mass is 35.5. The molecule has 4 aromatic carbocycles. The van der Waals surface area contributed by atoms with Gasteiger partial charge in [-0.1, -0.05) is 72.6 Å². The highest BCUT2D eigenvalue weighted by Gasteiger charge is 2.29. The zero-order valence-electron chi connectivity index (χ0n) is 23.1. The van der Waals surface area contributed by atoms with Crippen molar-refractivity contribution in [1.82, 2.24) is 5.32 Å². The van der Waals surface area contributed by atoms with Crippen LogP contribution >= 0.6 is 11.6 Å². The van der Waals surface area contributed by atoms with E-state index in [2.05, 4.69) is 10.6 Å². The molecule has 0 aliphatic heterocycles. The number of amides is 2. The van der Waals surface area contributed by atoms with Gasteiger partial charge in [0.05, 0.1) is 33.9 Å². The van der Waals surface area contributed by atoms with Gasteiger partial charge < -0.3 is 10.6 Å². The number of para-hydroxylation sites is 2. The van der Waals surface area contributed by atoms with Crippen LogP contribution in [0.3, 0.4) is 0 Å². The zero-order valence-corrected chi connectivity index (χ0v) is 24.7. The van der Waals surface area contributed by atoms with E-state index < -0.39 is 15.9 Å². The lowest BCUT2D eigenvalue weighted by molar-refractivity contribution is 0.0940. The summed E-state index contributed by atoms with van der Waals surface area (Å²) < 4.78 is 29.3. The fourth-order valence-electron chi connectivity index (χ4n) is 4.16. The molecule has 0 saturated carbocycles. The summed E-state index contributed by atoms with van der Waals surface area (Å²) in [5.41, 5.74) is 2.57. The van der Waals surface area contributed by atoms with Crippen LogP contribution < -0.4 is 14.9 Å². The number of halogens is 1. The second-order valence-electron chi connectivity index (χ2n) is 9.75. The maximum absolute atomic E-state index is 14.0. The molecule has 2 N–H and O–H groups in total. The van der Waals surface area contributed by atoms with Gasteiger partial charge in [0, 0.05) is 11.1 Å². The predicted molar refractivity (Wildman–Crippen MR) is 164 cm³/mol. The molecule has 0 heterocycles. The summed E-state index contributed by atoms with van der Waals surface area (Å²) in [6.45, 7) is 5.71. The molecule has 0 aliphatic rings. The third-order valence-electron chi connectivity index (χ3n) is 6.68. The zero-order chi connectivity index (χ0) is 29.6. The largest absolute Gasteiger partial charge is 0.350 e. The molecule has 4 rings (SSSR count). The number of carbonyl (C=O) groups excluding carboxylic acids is 2. The first-order valence-corrected chi connectivity index (χ1v) is 15.1. The number of nitrogens with one attached hydrogen (secondary N) is 2. The quantitative estimate of drug-likeness (QED) is 0.212. The molecule has 0 unspecified atom stereocenters. The van der Waals surface area contributed by atoms with Crippen molar-refractivity contribution in [3.8, 4) is 0 Å². The van der Waals surface area contributed by atoms with Crippen LogP contribution in [0.25, 0.3) is 0 Å². The van der Waals surface area contributed by atoms with Gasteiger partial charge in [-0.15, -0.1) is 0 Å². The molecule has 4 aromatic rings. The monoisotopic (exact) mass is 589 g/mol. The number of anilines is 2. The van der Waals surface area contributed by atoms with Gasteiger partial charge in [-0.25, -0.2) is 8.42 Å². The molecule has 9 heteroatoms. The number of carbonyl (C=O) groups is 2. The maximum Gasteiger partial charge on any atom is 0.264 e. The first-order chi connectivity index (χ1) is 19.6. The molecule has 0 spiro atoms. The average Bonchev–Trinajstić information content (AvgIpc) is 2.97. The highest BCUT2D eigenvalue weighted by Crippen LogP contribution is 2.30. The van der Waals surface area contributed by atoms with Crippen LogP contribution in [0, 0.1) is 6.92 Å². The Morgan fingerprint density at radius 1 is 0.829 bits per heavy atom. The van der Waals surface area contributed by atoms with Crippen molar-refractivity contribution in [2.75, 3.05) is 9.62 Å². The molecule has 1 atom stereocenters. The van der Waals surface area contributed by atoms with Crippen LogP contribution in [0.1, 0.15) is 52.1 Å². The Labute approximate surface area is 246 Å². The number of aryl methyl sites for hydroxylation is 1. The fraction of sp³-hybridized carbons (Fsp3) is 0.188. The van der Waals surface area contributed by atoms with Crippen LogP contribution in [-0.4, -0.2) is 26.3 Å². The summed E-state index contributed by atoms with van der Waals surface area (Å²) in [7, 11) is -4.09. The van der Waals surface area contributed by atoms with Gasteiger partial charge in [0.25, 0.3) is 21.8 Å². The van der Waals surface area contributed by atoms with Crippen molar-refractivity contribution in [2.45, 2.75) is 44.7 Å². The fourth-order valence-corrected chi connectivity index (χ4v) is 5.76. The Kier molecular flexibility index (Phi) is 9.47. The molecule has 0 radical (unpaired) electrons. The minimum atomic E-state index is -4.09. The van der Waals surface area contributed by atoms with Gasteiger partial charge >= 0.3 is 0 Å². The molecule has 0 aromatic heterocycles. The van der Waals surface area contributed by atoms with Crippen molar-refractivity contribution >= 4 is 44.8 Å². The average molecular weight is 590 g/mol. The van der Waals surface area contributed by atoms with E-state index in [9.17, 15) is 18.0 Å². The molecule has 212 valence electrons. The number of hydrogen-bond donors (Lipinski definition) is 2. The summed E-state index contributed by atoms with van der Waals surface area (Å²) in [6, 6.07) is 26.6. The number of nitrogens with zero attached hydrogens (tertiary/aromatic N) is 1. The van der Waals surface area contributed by atoms with E-state index in [1.807, 2.05) is 20.8 Å². The van der Waals surface area contributed by atoms with E-state index in [0.717, 1.165) is 12.0 Å². The molecule has 41 heavy (non-hydrogen) atoms. The summed E-state index contributed by atoms with van der Waals surface area (Å²) in [4.78, 5) is 26.7. The standard InChI is InChI=1S/C32H32ClN3O4S/c1-4-23(3)34-31(37)27-9-5-7-11-29(27)35-32(38)28-10-6-8-12-30(28)36(21-24-15-17-25(33)18-16-24)41(39,40)26-19-13-22(2)14-20-26/h5-20,23H,4,21H2,1-3H3,(H,34,37)(H,35,38)/t23-/m1/s1. The minimum absolute atomic E-state index is 0.0361. The second kappa shape index (κ2) is 13.0. The summed E-state index contributed by atoms with van der Waals surface area (Å²) in [5, 5.41) is 6.27. The number of benzene rings is 4. The van der Waals surface area contributed by atoms with E-state index in [4.69, 9.17) is 11.6 Å². The molecular weight excluding hydrogens is 558 g/mol. The molecule has 7 nitrogen and oxygen atoms in total. The van der Waals surface area contributed by atoms with E-state index in [0.29, 0.717) is 21.8 Å². The van der Waals surface area contributed by atoms with Gasteiger partial charge in [0.15, 0.2) is 0 Å². The second-order valence-corrected chi connectivity index (χ2v) is 12.0. The third kappa shape index (κ3) is 7.14. The van der Waals surface area contributed by atoms with Crippen LogP contribution in [-0.2, 0) is 16.6 Å². The Balaban J connectivity index is 1.75. The lowest BCUT2D eigenvalue weighted by atomic mass is 10.1. The van der Waals surface area contributed by atoms with Crippen LogP contribution in [0.2, 0.25) is 5.02 Å². The molecule has 2 amide bonds. The lowest BCUT2D eigenvalue weighted by Gasteiger charge is -2.27. The third-order valence-corrected chi connectivity index (χ3v) is 8.70. The number of rotatable bonds is 10. The van der Waals surface area contributed by atoms with Crippen molar-refractivity contribution in [3.05, 3.63) is 124 Å². The molecule has 0 fully saturated rings. The van der Waals surface area contributed by atoms with Crippen molar-refractivity contribution in [1.29, 1.82) is 0 Å². The van der Waals surface area contributed by atoms with Gasteiger partial charge in [0.1, 0.15) is 0 Å². The maximum atomic E-state index is 14.0. The Morgan fingerprint density at radius 2 is 1.44 bits per heavy atom. The minimum Gasteiger partial charge on any atom is -0.350 e. The summed E-state index contributed by atoms with van der Waals surface area (Å²) in [6.07, 6.45) is 0.757. The Bertz CT molecular complexity index is 1640.